The van der Waals surface area contributed by atoms with E-state index in [9.17, 15) is 8.42 Å². The van der Waals surface area contributed by atoms with Crippen LogP contribution in [-0.2, 0) is 10.0 Å². The summed E-state index contributed by atoms with van der Waals surface area (Å²) in [6.45, 7) is 7.27. The van der Waals surface area contributed by atoms with Crippen LogP contribution in [0.2, 0.25) is 0 Å². The molecule has 0 amide bonds. The molecule has 2 rings (SSSR count). The lowest BCUT2D eigenvalue weighted by Crippen LogP contribution is -2.17. The van der Waals surface area contributed by atoms with Crippen LogP contribution < -0.4 is 10.5 Å². The van der Waals surface area contributed by atoms with Gasteiger partial charge in [-0.3, -0.25) is 4.72 Å². The van der Waals surface area contributed by atoms with Crippen molar-refractivity contribution in [1.82, 2.24) is 0 Å². The van der Waals surface area contributed by atoms with Crippen LogP contribution in [0.25, 0.3) is 0 Å². The van der Waals surface area contributed by atoms with Crippen molar-refractivity contribution in [3.63, 3.8) is 0 Å². The van der Waals surface area contributed by atoms with Gasteiger partial charge in [-0.05, 0) is 62.1 Å². The molecule has 0 aliphatic rings. The molecule has 21 heavy (non-hydrogen) atoms. The average molecular weight is 304 g/mol. The van der Waals surface area contributed by atoms with Crippen LogP contribution >= 0.6 is 0 Å². The molecule has 2 aromatic rings. The summed E-state index contributed by atoms with van der Waals surface area (Å²) in [7, 11) is -3.64. The molecule has 2 aromatic carbocycles. The van der Waals surface area contributed by atoms with Crippen molar-refractivity contribution in [2.24, 2.45) is 0 Å². The van der Waals surface area contributed by atoms with Crippen LogP contribution in [0.4, 0.5) is 11.4 Å². The predicted molar refractivity (Wildman–Crippen MR) is 87.1 cm³/mol. The molecule has 0 saturated heterocycles. The molecule has 4 nitrogen and oxygen atoms in total. The largest absolute Gasteiger partial charge is 0.399 e. The van der Waals surface area contributed by atoms with E-state index in [1.165, 1.54) is 0 Å². The number of hydrogen-bond donors (Lipinski definition) is 2. The Morgan fingerprint density at radius 2 is 1.38 bits per heavy atom. The zero-order valence-electron chi connectivity index (χ0n) is 12.7. The van der Waals surface area contributed by atoms with Crippen molar-refractivity contribution in [2.75, 3.05) is 10.5 Å². The second-order valence-electron chi connectivity index (χ2n) is 5.36. The molecule has 0 atom stereocenters. The van der Waals surface area contributed by atoms with E-state index >= 15 is 0 Å². The molecule has 3 N–H and O–H groups in total. The lowest BCUT2D eigenvalue weighted by molar-refractivity contribution is 0.600. The van der Waals surface area contributed by atoms with E-state index in [1.807, 2.05) is 32.0 Å². The normalized spacial score (nSPS) is 11.4. The molecule has 0 heterocycles. The average Bonchev–Trinajstić information content (AvgIpc) is 2.32. The number of benzene rings is 2. The minimum absolute atomic E-state index is 0.291. The number of aryl methyl sites for hydroxylation is 4. The van der Waals surface area contributed by atoms with Crippen molar-refractivity contribution in [2.45, 2.75) is 32.6 Å². The van der Waals surface area contributed by atoms with E-state index in [-0.39, 0.29) is 0 Å². The standard InChI is InChI=1S/C16H20N2O2S/c1-10-6-5-7-11(2)15(10)18-21(19,20)16-12(3)8-14(17)9-13(16)4/h5-9,18H,17H2,1-4H3. The van der Waals surface area contributed by atoms with Gasteiger partial charge in [0.2, 0.25) is 0 Å². The molecule has 0 aliphatic carbocycles. The highest BCUT2D eigenvalue weighted by atomic mass is 32.2. The second kappa shape index (κ2) is 5.41. The van der Waals surface area contributed by atoms with Gasteiger partial charge in [-0.25, -0.2) is 8.42 Å². The van der Waals surface area contributed by atoms with Gasteiger partial charge >= 0.3 is 0 Å². The van der Waals surface area contributed by atoms with Crippen molar-refractivity contribution >= 4 is 21.4 Å². The zero-order valence-corrected chi connectivity index (χ0v) is 13.5. The van der Waals surface area contributed by atoms with E-state index in [4.69, 9.17) is 5.73 Å². The van der Waals surface area contributed by atoms with Crippen LogP contribution in [0.5, 0.6) is 0 Å². The Morgan fingerprint density at radius 1 is 0.905 bits per heavy atom. The third kappa shape index (κ3) is 3.03. The fourth-order valence-electron chi connectivity index (χ4n) is 2.57. The number of nitrogens with one attached hydrogen (secondary N) is 1. The molecular formula is C16H20N2O2S. The van der Waals surface area contributed by atoms with Crippen molar-refractivity contribution in [3.8, 4) is 0 Å². The Morgan fingerprint density at radius 3 is 1.86 bits per heavy atom. The third-order valence-electron chi connectivity index (χ3n) is 3.47. The monoisotopic (exact) mass is 304 g/mol. The predicted octanol–water partition coefficient (Wildman–Crippen LogP) is 3.30. The number of nitrogen functional groups attached to an aromatic ring is 1. The summed E-state index contributed by atoms with van der Waals surface area (Å²) in [5, 5.41) is 0. The zero-order chi connectivity index (χ0) is 15.8. The first-order valence-electron chi connectivity index (χ1n) is 6.68. The maximum Gasteiger partial charge on any atom is 0.262 e. The van der Waals surface area contributed by atoms with Gasteiger partial charge in [-0.1, -0.05) is 18.2 Å². The van der Waals surface area contributed by atoms with Gasteiger partial charge < -0.3 is 5.73 Å². The van der Waals surface area contributed by atoms with Gasteiger partial charge in [0.15, 0.2) is 0 Å². The number of para-hydroxylation sites is 1. The van der Waals surface area contributed by atoms with Gasteiger partial charge in [-0.15, -0.1) is 0 Å². The highest BCUT2D eigenvalue weighted by Crippen LogP contribution is 2.28. The molecule has 0 saturated carbocycles. The summed E-state index contributed by atoms with van der Waals surface area (Å²) in [5.74, 6) is 0. The summed E-state index contributed by atoms with van der Waals surface area (Å²) in [4.78, 5) is 0.291. The van der Waals surface area contributed by atoms with Crippen LogP contribution in [0, 0.1) is 27.7 Å². The minimum Gasteiger partial charge on any atom is -0.399 e. The first-order valence-corrected chi connectivity index (χ1v) is 8.16. The highest BCUT2D eigenvalue weighted by Gasteiger charge is 2.21. The van der Waals surface area contributed by atoms with E-state index in [1.54, 1.807) is 26.0 Å². The number of sulfonamides is 1. The number of anilines is 2. The van der Waals surface area contributed by atoms with Crippen LogP contribution in [-0.4, -0.2) is 8.42 Å². The molecule has 0 radical (unpaired) electrons. The fraction of sp³-hybridized carbons (Fsp3) is 0.250. The van der Waals surface area contributed by atoms with Crippen molar-refractivity contribution in [1.29, 1.82) is 0 Å². The summed E-state index contributed by atoms with van der Waals surface area (Å²) < 4.78 is 28.1. The van der Waals surface area contributed by atoms with Gasteiger partial charge in [0, 0.05) is 5.69 Å². The maximum atomic E-state index is 12.7. The molecule has 0 fully saturated rings. The SMILES string of the molecule is Cc1cccc(C)c1NS(=O)(=O)c1c(C)cc(N)cc1C. The lowest BCUT2D eigenvalue weighted by Gasteiger charge is -2.16. The van der Waals surface area contributed by atoms with Gasteiger partial charge in [0.25, 0.3) is 10.0 Å². The molecule has 0 unspecified atom stereocenters. The summed E-state index contributed by atoms with van der Waals surface area (Å²) in [6.07, 6.45) is 0. The van der Waals surface area contributed by atoms with E-state index in [0.717, 1.165) is 11.1 Å². The summed E-state index contributed by atoms with van der Waals surface area (Å²) in [5.41, 5.74) is 10.0. The van der Waals surface area contributed by atoms with E-state index < -0.39 is 10.0 Å². The second-order valence-corrected chi connectivity index (χ2v) is 6.98. The van der Waals surface area contributed by atoms with Crippen LogP contribution in [0.1, 0.15) is 22.3 Å². The smallest absolute Gasteiger partial charge is 0.262 e. The Balaban J connectivity index is 2.54. The van der Waals surface area contributed by atoms with Crippen LogP contribution in [0.3, 0.4) is 0 Å². The third-order valence-corrected chi connectivity index (χ3v) is 5.12. The molecule has 0 aliphatic heterocycles. The van der Waals surface area contributed by atoms with Crippen molar-refractivity contribution < 1.29 is 8.42 Å². The number of nitrogens with two attached hydrogens (primary N) is 1. The Hall–Kier alpha value is -2.01. The van der Waals surface area contributed by atoms with E-state index in [0.29, 0.717) is 27.4 Å². The maximum absolute atomic E-state index is 12.7. The highest BCUT2D eigenvalue weighted by molar-refractivity contribution is 7.92. The first-order chi connectivity index (χ1) is 9.72. The van der Waals surface area contributed by atoms with Gasteiger partial charge in [0.05, 0.1) is 10.6 Å². The minimum atomic E-state index is -3.64. The number of hydrogen-bond acceptors (Lipinski definition) is 3. The van der Waals surface area contributed by atoms with Crippen molar-refractivity contribution in [3.05, 3.63) is 52.6 Å². The van der Waals surface area contributed by atoms with Crippen LogP contribution in [0.15, 0.2) is 35.2 Å². The molecule has 5 heteroatoms. The fourth-order valence-corrected chi connectivity index (χ4v) is 4.23. The lowest BCUT2D eigenvalue weighted by atomic mass is 10.1. The summed E-state index contributed by atoms with van der Waals surface area (Å²) >= 11 is 0. The number of rotatable bonds is 3. The Bertz CT molecular complexity index is 753. The molecule has 0 spiro atoms. The topological polar surface area (TPSA) is 72.2 Å². The van der Waals surface area contributed by atoms with E-state index in [2.05, 4.69) is 4.72 Å². The Kier molecular flexibility index (Phi) is 3.96. The van der Waals surface area contributed by atoms with Gasteiger partial charge in [-0.2, -0.15) is 0 Å². The van der Waals surface area contributed by atoms with Gasteiger partial charge in [0.1, 0.15) is 0 Å². The Labute approximate surface area is 126 Å². The molecular weight excluding hydrogens is 284 g/mol. The summed E-state index contributed by atoms with van der Waals surface area (Å²) in [6, 6.07) is 9.02. The first kappa shape index (κ1) is 15.4. The molecule has 0 aromatic heterocycles. The quantitative estimate of drug-likeness (QED) is 0.855. The molecule has 112 valence electrons. The molecule has 0 bridgehead atoms.